The van der Waals surface area contributed by atoms with E-state index >= 15 is 0 Å². The molecule has 0 saturated carbocycles. The molecule has 7 nitrogen and oxygen atoms in total. The third-order valence-corrected chi connectivity index (χ3v) is 5.70. The van der Waals surface area contributed by atoms with Crippen LogP contribution in [0.15, 0.2) is 61.1 Å². The van der Waals surface area contributed by atoms with Crippen molar-refractivity contribution in [3.63, 3.8) is 0 Å². The molecule has 1 amide bonds. The minimum atomic E-state index is -0.270. The summed E-state index contributed by atoms with van der Waals surface area (Å²) >= 11 is 12.2. The first-order valence-electron chi connectivity index (χ1n) is 9.69. The van der Waals surface area contributed by atoms with Gasteiger partial charge in [-0.3, -0.25) is 9.78 Å². The van der Waals surface area contributed by atoms with E-state index in [1.807, 2.05) is 47.0 Å². The van der Waals surface area contributed by atoms with Gasteiger partial charge in [-0.15, -0.1) is 0 Å². The topological polar surface area (TPSA) is 71.4 Å². The highest BCUT2D eigenvalue weighted by Crippen LogP contribution is 2.42. The monoisotopic (exact) mass is 455 g/mol. The van der Waals surface area contributed by atoms with Gasteiger partial charge >= 0.3 is 0 Å². The fourth-order valence-corrected chi connectivity index (χ4v) is 4.31. The number of pyridine rings is 1. The molecular weight excluding hydrogens is 434 g/mol. The highest BCUT2D eigenvalue weighted by molar-refractivity contribution is 7.80. The summed E-state index contributed by atoms with van der Waals surface area (Å²) in [5, 5.41) is 7.16. The van der Waals surface area contributed by atoms with E-state index in [1.165, 1.54) is 7.11 Å². The molecule has 0 spiro atoms. The van der Waals surface area contributed by atoms with E-state index in [9.17, 15) is 4.79 Å². The fourth-order valence-electron chi connectivity index (χ4n) is 3.74. The lowest BCUT2D eigenvalue weighted by Crippen LogP contribution is -2.29. The van der Waals surface area contributed by atoms with Crippen molar-refractivity contribution < 1.29 is 9.53 Å². The molecule has 3 heterocycles. The summed E-state index contributed by atoms with van der Waals surface area (Å²) in [5.41, 5.74) is 3.33. The number of carbonyl (C=O) groups is 1. The van der Waals surface area contributed by atoms with Gasteiger partial charge < -0.3 is 24.8 Å². The van der Waals surface area contributed by atoms with Crippen LogP contribution in [0.5, 0.6) is 0 Å². The molecule has 1 saturated heterocycles. The van der Waals surface area contributed by atoms with Crippen LogP contribution in [0.1, 0.15) is 23.3 Å². The maximum atomic E-state index is 11.9. The van der Waals surface area contributed by atoms with Crippen molar-refractivity contribution in [3.05, 3.63) is 77.3 Å². The lowest BCUT2D eigenvalue weighted by atomic mass is 9.98. The predicted octanol–water partition coefficient (Wildman–Crippen LogP) is 3.84. The number of aryl methyl sites for hydroxylation is 1. The van der Waals surface area contributed by atoms with Gasteiger partial charge in [-0.1, -0.05) is 17.7 Å². The Hall–Kier alpha value is -2.94. The third-order valence-electron chi connectivity index (χ3n) is 5.07. The average Bonchev–Trinajstić information content (AvgIpc) is 3.33. The Kier molecular flexibility index (Phi) is 6.22. The van der Waals surface area contributed by atoms with Gasteiger partial charge in [0, 0.05) is 38.4 Å². The van der Waals surface area contributed by atoms with Crippen LogP contribution in [0.25, 0.3) is 0 Å². The molecule has 1 aromatic carbocycles. The highest BCUT2D eigenvalue weighted by atomic mass is 35.5. The predicted molar refractivity (Wildman–Crippen MR) is 125 cm³/mol. The normalized spacial score (nSPS) is 18.2. The number of thiocarbonyl (C=S) groups is 1. The van der Waals surface area contributed by atoms with Crippen LogP contribution < -0.4 is 15.5 Å². The number of nitrogens with zero attached hydrogens (tertiary/aromatic N) is 3. The quantitative estimate of drug-likeness (QED) is 0.550. The zero-order valence-electron chi connectivity index (χ0n) is 17.1. The van der Waals surface area contributed by atoms with Gasteiger partial charge in [0.2, 0.25) is 5.91 Å². The van der Waals surface area contributed by atoms with Gasteiger partial charge in [0.15, 0.2) is 5.11 Å². The smallest absolute Gasteiger partial charge is 0.250 e. The van der Waals surface area contributed by atoms with Crippen LogP contribution in [0.2, 0.25) is 5.02 Å². The molecule has 1 aliphatic heterocycles. The molecule has 2 aromatic heterocycles. The fraction of sp³-hybridized carbons (Fsp3) is 0.227. The summed E-state index contributed by atoms with van der Waals surface area (Å²) in [4.78, 5) is 18.4. The number of aromatic nitrogens is 2. The van der Waals surface area contributed by atoms with Crippen molar-refractivity contribution in [2.24, 2.45) is 7.05 Å². The molecule has 31 heavy (non-hydrogen) atoms. The van der Waals surface area contributed by atoms with Gasteiger partial charge in [0.25, 0.3) is 0 Å². The molecule has 0 bridgehead atoms. The van der Waals surface area contributed by atoms with Crippen LogP contribution in [0.4, 0.5) is 11.4 Å². The molecule has 3 aromatic rings. The highest BCUT2D eigenvalue weighted by Gasteiger charge is 2.41. The second-order valence-electron chi connectivity index (χ2n) is 7.25. The molecule has 2 atom stereocenters. The van der Waals surface area contributed by atoms with E-state index in [1.54, 1.807) is 18.3 Å². The van der Waals surface area contributed by atoms with E-state index in [-0.39, 0.29) is 24.6 Å². The first-order valence-corrected chi connectivity index (χ1v) is 10.5. The Bertz CT molecular complexity index is 1100. The minimum Gasteiger partial charge on any atom is -0.375 e. The zero-order valence-corrected chi connectivity index (χ0v) is 18.7. The van der Waals surface area contributed by atoms with Crippen molar-refractivity contribution in [2.45, 2.75) is 12.1 Å². The number of anilines is 2. The van der Waals surface area contributed by atoms with Gasteiger partial charge in [-0.25, -0.2) is 0 Å². The molecule has 0 unspecified atom stereocenters. The molecule has 2 N–H and O–H groups in total. The number of rotatable bonds is 6. The van der Waals surface area contributed by atoms with Crippen LogP contribution in [-0.2, 0) is 16.6 Å². The molecule has 4 rings (SSSR count). The van der Waals surface area contributed by atoms with Gasteiger partial charge in [-0.05, 0) is 54.2 Å². The Morgan fingerprint density at radius 2 is 2.16 bits per heavy atom. The molecule has 9 heteroatoms. The first kappa shape index (κ1) is 21.3. The summed E-state index contributed by atoms with van der Waals surface area (Å²) in [5.74, 6) is -0.270. The summed E-state index contributed by atoms with van der Waals surface area (Å²) in [6, 6.07) is 13.1. The maximum absolute atomic E-state index is 11.9. The molecule has 1 aliphatic rings. The number of hydrogen-bond donors (Lipinski definition) is 2. The Balaban J connectivity index is 1.71. The van der Waals surface area contributed by atoms with Crippen molar-refractivity contribution in [2.75, 3.05) is 23.9 Å². The summed E-state index contributed by atoms with van der Waals surface area (Å²) in [7, 11) is 3.45. The van der Waals surface area contributed by atoms with Crippen LogP contribution in [0, 0.1) is 0 Å². The van der Waals surface area contributed by atoms with Gasteiger partial charge in [-0.2, -0.15) is 0 Å². The lowest BCUT2D eigenvalue weighted by Gasteiger charge is -2.27. The largest absolute Gasteiger partial charge is 0.375 e. The molecule has 0 aliphatic carbocycles. The number of benzene rings is 1. The molecular formula is C22H22ClN5O2S. The Morgan fingerprint density at radius 1 is 1.32 bits per heavy atom. The van der Waals surface area contributed by atoms with E-state index in [2.05, 4.69) is 27.9 Å². The summed E-state index contributed by atoms with van der Waals surface area (Å²) in [6.45, 7) is -0.0416. The Labute approximate surface area is 191 Å². The number of ether oxygens (including phenoxy) is 1. The van der Waals surface area contributed by atoms with Crippen molar-refractivity contribution in [3.8, 4) is 0 Å². The first-order chi connectivity index (χ1) is 15.0. The molecule has 0 radical (unpaired) electrons. The number of hydrogen-bond acceptors (Lipinski definition) is 4. The van der Waals surface area contributed by atoms with Crippen LogP contribution >= 0.6 is 23.8 Å². The number of methoxy groups -OCH3 is 1. The SMILES string of the molecule is COCC(=O)Nc1ccc(N2C(=S)N[C@H](c3ccccn3)[C@@H]2c2ccn(C)c2)cc1Cl. The minimum absolute atomic E-state index is 0.0416. The molecule has 160 valence electrons. The number of nitrogens with one attached hydrogen (secondary N) is 2. The second kappa shape index (κ2) is 9.05. The lowest BCUT2D eigenvalue weighted by molar-refractivity contribution is -0.119. The summed E-state index contributed by atoms with van der Waals surface area (Å²) < 4.78 is 6.86. The van der Waals surface area contributed by atoms with Gasteiger partial charge in [0.05, 0.1) is 28.5 Å². The maximum Gasteiger partial charge on any atom is 0.250 e. The van der Waals surface area contributed by atoms with E-state index in [0.29, 0.717) is 15.8 Å². The van der Waals surface area contributed by atoms with Crippen molar-refractivity contribution in [1.29, 1.82) is 0 Å². The molecule has 1 fully saturated rings. The van der Waals surface area contributed by atoms with E-state index < -0.39 is 0 Å². The Morgan fingerprint density at radius 3 is 2.81 bits per heavy atom. The van der Waals surface area contributed by atoms with Crippen LogP contribution in [-0.4, -0.2) is 34.3 Å². The number of amides is 1. The number of halogens is 1. The van der Waals surface area contributed by atoms with E-state index in [4.69, 9.17) is 28.6 Å². The zero-order chi connectivity index (χ0) is 22.0. The average molecular weight is 456 g/mol. The van der Waals surface area contributed by atoms with Crippen molar-refractivity contribution >= 4 is 46.2 Å². The van der Waals surface area contributed by atoms with E-state index in [0.717, 1.165) is 16.9 Å². The second-order valence-corrected chi connectivity index (χ2v) is 8.05. The van der Waals surface area contributed by atoms with Crippen molar-refractivity contribution in [1.82, 2.24) is 14.9 Å². The van der Waals surface area contributed by atoms with Crippen LogP contribution in [0.3, 0.4) is 0 Å². The van der Waals surface area contributed by atoms with Gasteiger partial charge in [0.1, 0.15) is 6.61 Å². The standard InChI is InChI=1S/C22H22ClN5O2S/c1-27-10-8-14(12-27)21-20(18-5-3-4-9-24-18)26-22(31)28(21)15-6-7-17(16(23)11-15)25-19(29)13-30-2/h3-12,20-21H,13H2,1-2H3,(H,25,29)(H,26,31)/t20-,21+/m1/s1. The third kappa shape index (κ3) is 4.41. The summed E-state index contributed by atoms with van der Waals surface area (Å²) in [6.07, 6.45) is 5.86. The number of carbonyl (C=O) groups excluding carboxylic acids is 1.